The fourth-order valence-corrected chi connectivity index (χ4v) is 2.41. The second-order valence-electron chi connectivity index (χ2n) is 4.19. The fraction of sp³-hybridized carbons (Fsp3) is 0.500. The Labute approximate surface area is 123 Å². The summed E-state index contributed by atoms with van der Waals surface area (Å²) in [5.41, 5.74) is 0.474. The van der Waals surface area contributed by atoms with Gasteiger partial charge in [-0.05, 0) is 47.2 Å². The van der Waals surface area contributed by atoms with Crippen molar-refractivity contribution in [2.24, 2.45) is 0 Å². The van der Waals surface area contributed by atoms with Crippen molar-refractivity contribution in [2.75, 3.05) is 25.2 Å². The van der Waals surface area contributed by atoms with E-state index in [-0.39, 0.29) is 12.3 Å². The predicted octanol–water partition coefficient (Wildman–Crippen LogP) is 2.44. The molecule has 2 rings (SSSR count). The minimum atomic E-state index is -3.62. The topological polar surface area (TPSA) is 41.9 Å². The van der Waals surface area contributed by atoms with Crippen molar-refractivity contribution in [1.29, 1.82) is 0 Å². The Balaban J connectivity index is 2.30. The molecule has 1 unspecified atom stereocenters. The third-order valence-electron chi connectivity index (χ3n) is 2.82. The average Bonchev–Trinajstić information content (AvgIpc) is 2.35. The van der Waals surface area contributed by atoms with Gasteiger partial charge in [-0.2, -0.15) is 8.78 Å². The van der Waals surface area contributed by atoms with Crippen LogP contribution in [0.4, 0.5) is 14.5 Å². The Morgan fingerprint density at radius 2 is 2.26 bits per heavy atom. The SMILES string of the molecule is COCCCN1c2cc(I)ccc2OC(F)(F)C1O. The lowest BCUT2D eigenvalue weighted by Crippen LogP contribution is -2.54. The maximum absolute atomic E-state index is 13.6. The summed E-state index contributed by atoms with van der Waals surface area (Å²) in [6.45, 7) is 0.704. The standard InChI is InChI=1S/C12H14F2INO3/c1-18-6-2-5-16-9-7-8(15)3-4-10(9)19-12(13,14)11(16)17/h3-4,7,11,17H,2,5-6H2,1H3. The van der Waals surface area contributed by atoms with Crippen LogP contribution in [0.5, 0.6) is 5.75 Å². The van der Waals surface area contributed by atoms with Crippen LogP contribution in [0.3, 0.4) is 0 Å². The highest BCUT2D eigenvalue weighted by atomic mass is 127. The Morgan fingerprint density at radius 1 is 1.53 bits per heavy atom. The quantitative estimate of drug-likeness (QED) is 0.639. The van der Waals surface area contributed by atoms with Gasteiger partial charge in [0.1, 0.15) is 5.75 Å². The van der Waals surface area contributed by atoms with Gasteiger partial charge in [-0.25, -0.2) is 0 Å². The average molecular weight is 385 g/mol. The number of hydrogen-bond acceptors (Lipinski definition) is 4. The van der Waals surface area contributed by atoms with Crippen molar-refractivity contribution in [3.05, 3.63) is 21.8 Å². The minimum Gasteiger partial charge on any atom is -0.427 e. The van der Waals surface area contributed by atoms with E-state index in [9.17, 15) is 13.9 Å². The van der Waals surface area contributed by atoms with Crippen molar-refractivity contribution in [3.8, 4) is 5.75 Å². The summed E-state index contributed by atoms with van der Waals surface area (Å²) in [4.78, 5) is 1.25. The Bertz CT molecular complexity index is 459. The van der Waals surface area contributed by atoms with Gasteiger partial charge < -0.3 is 19.5 Å². The molecule has 0 fully saturated rings. The predicted molar refractivity (Wildman–Crippen MR) is 74.6 cm³/mol. The molecule has 19 heavy (non-hydrogen) atoms. The van der Waals surface area contributed by atoms with Gasteiger partial charge in [0.05, 0.1) is 5.69 Å². The number of aliphatic hydroxyl groups excluding tert-OH is 1. The maximum atomic E-state index is 13.6. The van der Waals surface area contributed by atoms with Gasteiger partial charge in [0.2, 0.25) is 6.23 Å². The summed E-state index contributed by atoms with van der Waals surface area (Å²) in [6.07, 6.45) is -5.07. The number of aliphatic hydroxyl groups is 1. The Morgan fingerprint density at radius 3 is 2.95 bits per heavy atom. The van der Waals surface area contributed by atoms with Crippen LogP contribution >= 0.6 is 22.6 Å². The van der Waals surface area contributed by atoms with Crippen LogP contribution in [-0.4, -0.2) is 37.7 Å². The first-order valence-electron chi connectivity index (χ1n) is 5.76. The molecule has 1 aromatic carbocycles. The smallest absolute Gasteiger partial charge is 0.427 e. The molecule has 0 spiro atoms. The largest absolute Gasteiger partial charge is 0.444 e. The molecule has 0 radical (unpaired) electrons. The third kappa shape index (κ3) is 3.09. The number of fused-ring (bicyclic) bond motifs is 1. The van der Waals surface area contributed by atoms with Crippen LogP contribution in [0.1, 0.15) is 6.42 Å². The highest BCUT2D eigenvalue weighted by Crippen LogP contribution is 2.41. The number of nitrogens with zero attached hydrogens (tertiary/aromatic N) is 1. The van der Waals surface area contributed by atoms with Crippen LogP contribution in [-0.2, 0) is 4.74 Å². The number of ether oxygens (including phenoxy) is 2. The van der Waals surface area contributed by atoms with Gasteiger partial charge in [-0.3, -0.25) is 0 Å². The lowest BCUT2D eigenvalue weighted by molar-refractivity contribution is -0.245. The van der Waals surface area contributed by atoms with Gasteiger partial charge in [0.15, 0.2) is 0 Å². The second-order valence-corrected chi connectivity index (χ2v) is 5.43. The molecule has 1 atom stereocenters. The van der Waals surface area contributed by atoms with E-state index in [1.165, 1.54) is 11.0 Å². The van der Waals surface area contributed by atoms with Crippen molar-refractivity contribution in [3.63, 3.8) is 0 Å². The molecule has 1 N–H and O–H groups in total. The summed E-state index contributed by atoms with van der Waals surface area (Å²) >= 11 is 2.08. The zero-order chi connectivity index (χ0) is 14.0. The summed E-state index contributed by atoms with van der Waals surface area (Å²) < 4.78 is 37.5. The van der Waals surface area contributed by atoms with E-state index < -0.39 is 12.3 Å². The molecule has 0 aliphatic carbocycles. The Hall–Kier alpha value is -0.670. The third-order valence-corrected chi connectivity index (χ3v) is 3.49. The molecular weight excluding hydrogens is 371 g/mol. The molecule has 0 saturated carbocycles. The van der Waals surface area contributed by atoms with Crippen molar-refractivity contribution >= 4 is 28.3 Å². The number of anilines is 1. The van der Waals surface area contributed by atoms with Gasteiger partial charge >= 0.3 is 6.11 Å². The van der Waals surface area contributed by atoms with Gasteiger partial charge in [-0.15, -0.1) is 0 Å². The van der Waals surface area contributed by atoms with E-state index in [1.54, 1.807) is 19.2 Å². The number of hydrogen-bond donors (Lipinski definition) is 1. The van der Waals surface area contributed by atoms with E-state index in [0.717, 1.165) is 3.57 Å². The molecule has 7 heteroatoms. The monoisotopic (exact) mass is 385 g/mol. The van der Waals surface area contributed by atoms with E-state index in [4.69, 9.17) is 4.74 Å². The molecule has 0 bridgehead atoms. The van der Waals surface area contributed by atoms with Crippen molar-refractivity contribution < 1.29 is 23.4 Å². The molecule has 0 saturated heterocycles. The fourth-order valence-electron chi connectivity index (χ4n) is 1.94. The highest BCUT2D eigenvalue weighted by molar-refractivity contribution is 14.1. The zero-order valence-corrected chi connectivity index (χ0v) is 12.4. The summed E-state index contributed by atoms with van der Waals surface area (Å²) in [5.74, 6) is 0.0770. The number of rotatable bonds is 4. The van der Waals surface area contributed by atoms with Crippen LogP contribution in [0, 0.1) is 3.57 Å². The van der Waals surface area contributed by atoms with E-state index in [2.05, 4.69) is 27.3 Å². The van der Waals surface area contributed by atoms with Crippen LogP contribution in [0.15, 0.2) is 18.2 Å². The maximum Gasteiger partial charge on any atom is 0.444 e. The van der Waals surface area contributed by atoms with Crippen LogP contribution < -0.4 is 9.64 Å². The molecule has 0 aromatic heterocycles. The minimum absolute atomic E-state index is 0.0770. The van der Waals surface area contributed by atoms with Gasteiger partial charge in [0, 0.05) is 23.8 Å². The first-order valence-corrected chi connectivity index (χ1v) is 6.83. The lowest BCUT2D eigenvalue weighted by Gasteiger charge is -2.39. The molecule has 1 aliphatic rings. The number of alkyl halides is 2. The highest BCUT2D eigenvalue weighted by Gasteiger charge is 2.49. The lowest BCUT2D eigenvalue weighted by atomic mass is 10.2. The van der Waals surface area contributed by atoms with E-state index in [1.807, 2.05) is 0 Å². The molecule has 1 aromatic rings. The zero-order valence-electron chi connectivity index (χ0n) is 10.3. The summed E-state index contributed by atoms with van der Waals surface area (Å²) in [5, 5.41) is 9.74. The number of methoxy groups -OCH3 is 1. The van der Waals surface area contributed by atoms with Gasteiger partial charge in [-0.1, -0.05) is 0 Å². The molecule has 4 nitrogen and oxygen atoms in total. The molecule has 0 amide bonds. The molecule has 1 aliphatic heterocycles. The second kappa shape index (κ2) is 5.76. The summed E-state index contributed by atoms with van der Waals surface area (Å²) in [7, 11) is 1.54. The number of benzene rings is 1. The molecular formula is C12H14F2INO3. The van der Waals surface area contributed by atoms with Crippen molar-refractivity contribution in [1.82, 2.24) is 0 Å². The van der Waals surface area contributed by atoms with E-state index >= 15 is 0 Å². The Kier molecular flexibility index (Phi) is 4.46. The first kappa shape index (κ1) is 14.7. The van der Waals surface area contributed by atoms with Crippen LogP contribution in [0.2, 0.25) is 0 Å². The normalized spacial score (nSPS) is 20.9. The summed E-state index contributed by atoms with van der Waals surface area (Å²) in [6, 6.07) is 4.88. The molecule has 1 heterocycles. The van der Waals surface area contributed by atoms with Gasteiger partial charge in [0.25, 0.3) is 0 Å². The molecule has 106 valence electrons. The van der Waals surface area contributed by atoms with Crippen molar-refractivity contribution in [2.45, 2.75) is 18.8 Å². The van der Waals surface area contributed by atoms with Crippen LogP contribution in [0.25, 0.3) is 0 Å². The number of halogens is 3. The first-order chi connectivity index (χ1) is 8.95. The van der Waals surface area contributed by atoms with E-state index in [0.29, 0.717) is 18.7 Å².